The van der Waals surface area contributed by atoms with Crippen molar-refractivity contribution in [3.8, 4) is 0 Å². The van der Waals surface area contributed by atoms with Gasteiger partial charge < -0.3 is 14.4 Å². The Hall–Kier alpha value is -0.120. The van der Waals surface area contributed by atoms with Crippen LogP contribution >= 0.6 is 0 Å². The summed E-state index contributed by atoms with van der Waals surface area (Å²) in [6, 6.07) is 0.683. The molecule has 0 atom stereocenters. The van der Waals surface area contributed by atoms with Gasteiger partial charge in [0.25, 0.3) is 0 Å². The van der Waals surface area contributed by atoms with E-state index in [-0.39, 0.29) is 0 Å². The molecule has 1 rings (SSSR count). The number of unbranched alkanes of at least 4 members (excludes halogenated alkanes) is 1. The number of hydrogen-bond donors (Lipinski definition) is 0. The molecule has 0 bridgehead atoms. The number of methoxy groups -OCH3 is 1. The Labute approximate surface area is 120 Å². The fraction of sp³-hybridized carbons (Fsp3) is 1.00. The van der Waals surface area contributed by atoms with Crippen molar-refractivity contribution in [3.05, 3.63) is 0 Å². The van der Waals surface area contributed by atoms with Gasteiger partial charge in [0.05, 0.1) is 6.10 Å². The zero-order chi connectivity index (χ0) is 14.5. The van der Waals surface area contributed by atoms with Crippen LogP contribution in [0.5, 0.6) is 0 Å². The van der Waals surface area contributed by atoms with Crippen LogP contribution in [0.15, 0.2) is 0 Å². The first-order chi connectivity index (χ1) is 9.15. The molecule has 0 aromatic heterocycles. The molecular weight excluding hydrogens is 238 g/mol. The average Bonchev–Trinajstić information content (AvgIpc) is 2.40. The molecule has 1 fully saturated rings. The highest BCUT2D eigenvalue weighted by molar-refractivity contribution is 4.74. The van der Waals surface area contributed by atoms with E-state index in [0.717, 1.165) is 26.1 Å². The fourth-order valence-electron chi connectivity index (χ4n) is 2.16. The lowest BCUT2D eigenvalue weighted by atomic mass is 10.1. The van der Waals surface area contributed by atoms with Gasteiger partial charge in [-0.05, 0) is 39.5 Å². The fourth-order valence-corrected chi connectivity index (χ4v) is 2.16. The first kappa shape index (κ1) is 18.9. The molecule has 3 nitrogen and oxygen atoms in total. The summed E-state index contributed by atoms with van der Waals surface area (Å²) in [5.74, 6) is 0. The largest absolute Gasteiger partial charge is 0.385 e. The van der Waals surface area contributed by atoms with E-state index in [9.17, 15) is 0 Å². The van der Waals surface area contributed by atoms with Crippen molar-refractivity contribution in [1.82, 2.24) is 4.90 Å². The quantitative estimate of drug-likeness (QED) is 0.660. The first-order valence-electron chi connectivity index (χ1n) is 8.00. The smallest absolute Gasteiger partial charge is 0.0599 e. The number of rotatable bonds is 7. The Morgan fingerprint density at radius 1 is 1.05 bits per heavy atom. The number of likely N-dealkylation sites (tertiary alicyclic amines) is 1. The van der Waals surface area contributed by atoms with Crippen molar-refractivity contribution in [2.75, 3.05) is 33.4 Å². The topological polar surface area (TPSA) is 21.7 Å². The zero-order valence-corrected chi connectivity index (χ0v) is 13.8. The van der Waals surface area contributed by atoms with Crippen molar-refractivity contribution in [2.24, 2.45) is 0 Å². The highest BCUT2D eigenvalue weighted by atomic mass is 16.5. The minimum atomic E-state index is 0.498. The summed E-state index contributed by atoms with van der Waals surface area (Å²) < 4.78 is 10.9. The lowest BCUT2D eigenvalue weighted by Crippen LogP contribution is -2.40. The Balaban J connectivity index is 0.000000982. The number of nitrogens with zero attached hydrogens (tertiary/aromatic N) is 1. The molecule has 1 saturated heterocycles. The summed E-state index contributed by atoms with van der Waals surface area (Å²) in [4.78, 5) is 2.53. The third-order valence-electron chi connectivity index (χ3n) is 3.30. The molecule has 1 aliphatic rings. The van der Waals surface area contributed by atoms with Gasteiger partial charge in [0.15, 0.2) is 0 Å². The molecule has 0 radical (unpaired) electrons. The molecule has 1 aliphatic heterocycles. The van der Waals surface area contributed by atoms with Crippen LogP contribution in [-0.4, -0.2) is 50.5 Å². The number of hydrogen-bond acceptors (Lipinski definition) is 3. The van der Waals surface area contributed by atoms with Crippen molar-refractivity contribution >= 4 is 0 Å². The molecule has 0 unspecified atom stereocenters. The van der Waals surface area contributed by atoms with Gasteiger partial charge in [-0.3, -0.25) is 0 Å². The molecule has 0 N–H and O–H groups in total. The second kappa shape index (κ2) is 12.9. The number of ether oxygens (including phenoxy) is 2. The Morgan fingerprint density at radius 2 is 1.58 bits per heavy atom. The minimum absolute atomic E-state index is 0.498. The van der Waals surface area contributed by atoms with Gasteiger partial charge in [-0.15, -0.1) is 0 Å². The summed E-state index contributed by atoms with van der Waals surface area (Å²) in [5, 5.41) is 0. The van der Waals surface area contributed by atoms with E-state index in [1.54, 1.807) is 7.11 Å². The van der Waals surface area contributed by atoms with Crippen molar-refractivity contribution in [2.45, 2.75) is 71.9 Å². The highest BCUT2D eigenvalue weighted by Crippen LogP contribution is 2.15. The second-order valence-electron chi connectivity index (χ2n) is 5.61. The summed E-state index contributed by atoms with van der Waals surface area (Å²) in [6.07, 6.45) is 6.38. The minimum Gasteiger partial charge on any atom is -0.385 e. The molecule has 1 heterocycles. The second-order valence-corrected chi connectivity index (χ2v) is 5.61. The standard InChI is InChI=1S/C13H27NO2.C3H8/c1-12(2)14-8-6-13(7-9-14)16-11-5-4-10-15-3;1-3-2/h12-13H,4-11H2,1-3H3;3H2,1-2H3. The maximum absolute atomic E-state index is 5.88. The Bertz CT molecular complexity index is 178. The maximum Gasteiger partial charge on any atom is 0.0599 e. The zero-order valence-electron chi connectivity index (χ0n) is 13.8. The third-order valence-corrected chi connectivity index (χ3v) is 3.30. The van der Waals surface area contributed by atoms with Gasteiger partial charge >= 0.3 is 0 Å². The maximum atomic E-state index is 5.88. The highest BCUT2D eigenvalue weighted by Gasteiger charge is 2.20. The van der Waals surface area contributed by atoms with Crippen LogP contribution < -0.4 is 0 Å². The van der Waals surface area contributed by atoms with E-state index in [1.807, 2.05) is 0 Å². The summed E-state index contributed by atoms with van der Waals surface area (Å²) in [7, 11) is 1.75. The van der Waals surface area contributed by atoms with Gasteiger partial charge in [0.2, 0.25) is 0 Å². The van der Waals surface area contributed by atoms with Crippen LogP contribution in [0, 0.1) is 0 Å². The van der Waals surface area contributed by atoms with Gasteiger partial charge in [-0.2, -0.15) is 0 Å². The predicted molar refractivity (Wildman–Crippen MR) is 82.8 cm³/mol. The van der Waals surface area contributed by atoms with Gasteiger partial charge in [0, 0.05) is 39.5 Å². The van der Waals surface area contributed by atoms with E-state index in [2.05, 4.69) is 32.6 Å². The van der Waals surface area contributed by atoms with Crippen LogP contribution in [-0.2, 0) is 9.47 Å². The van der Waals surface area contributed by atoms with E-state index >= 15 is 0 Å². The Kier molecular flexibility index (Phi) is 12.8. The van der Waals surface area contributed by atoms with Crippen LogP contribution in [0.2, 0.25) is 0 Å². The molecule has 3 heteroatoms. The van der Waals surface area contributed by atoms with E-state index in [4.69, 9.17) is 9.47 Å². The Morgan fingerprint density at radius 3 is 2.05 bits per heavy atom. The average molecular weight is 273 g/mol. The van der Waals surface area contributed by atoms with Crippen molar-refractivity contribution in [3.63, 3.8) is 0 Å². The molecule has 116 valence electrons. The van der Waals surface area contributed by atoms with Crippen LogP contribution in [0.1, 0.15) is 59.8 Å². The molecule has 0 amide bonds. The normalized spacial score (nSPS) is 17.4. The van der Waals surface area contributed by atoms with Crippen LogP contribution in [0.3, 0.4) is 0 Å². The number of piperidine rings is 1. The van der Waals surface area contributed by atoms with Crippen molar-refractivity contribution < 1.29 is 9.47 Å². The van der Waals surface area contributed by atoms with E-state index in [1.165, 1.54) is 32.4 Å². The molecular formula is C16H35NO2. The molecule has 0 aromatic carbocycles. The lowest BCUT2D eigenvalue weighted by molar-refractivity contribution is -0.00150. The first-order valence-corrected chi connectivity index (χ1v) is 8.00. The lowest BCUT2D eigenvalue weighted by Gasteiger charge is -2.34. The SMILES string of the molecule is CCC.COCCCCOC1CCN(C(C)C)CC1. The predicted octanol–water partition coefficient (Wildman–Crippen LogP) is 3.72. The van der Waals surface area contributed by atoms with Crippen LogP contribution in [0.4, 0.5) is 0 Å². The molecule has 0 saturated carbocycles. The van der Waals surface area contributed by atoms with Crippen molar-refractivity contribution in [1.29, 1.82) is 0 Å². The molecule has 19 heavy (non-hydrogen) atoms. The summed E-state index contributed by atoms with van der Waals surface area (Å²) in [5.41, 5.74) is 0. The van der Waals surface area contributed by atoms with Crippen LogP contribution in [0.25, 0.3) is 0 Å². The monoisotopic (exact) mass is 273 g/mol. The summed E-state index contributed by atoms with van der Waals surface area (Å²) >= 11 is 0. The molecule has 0 aromatic rings. The summed E-state index contributed by atoms with van der Waals surface area (Å²) in [6.45, 7) is 12.9. The molecule has 0 aliphatic carbocycles. The van der Waals surface area contributed by atoms with Gasteiger partial charge in [-0.1, -0.05) is 20.3 Å². The molecule has 0 spiro atoms. The van der Waals surface area contributed by atoms with Gasteiger partial charge in [-0.25, -0.2) is 0 Å². The van der Waals surface area contributed by atoms with Gasteiger partial charge in [0.1, 0.15) is 0 Å². The third kappa shape index (κ3) is 10.3. The van der Waals surface area contributed by atoms with E-state index in [0.29, 0.717) is 12.1 Å². The van der Waals surface area contributed by atoms with E-state index < -0.39 is 0 Å².